The first-order valence-electron chi connectivity index (χ1n) is 39.8. The zero-order valence-corrected chi connectivity index (χ0v) is 78.7. The molecule has 0 aromatic carbocycles. The third-order valence-electron chi connectivity index (χ3n) is 23.4. The molecule has 12 unspecified atom stereocenters. The van der Waals surface area contributed by atoms with Crippen molar-refractivity contribution in [3.05, 3.63) is 88.0 Å². The Morgan fingerprint density at radius 2 is 0.672 bits per heavy atom. The molecule has 12 aromatic heterocycles. The number of fused-ring (bicyclic) bond motifs is 13. The molecule has 0 amide bonds. The predicted octanol–water partition coefficient (Wildman–Crippen LogP) is -3.71. The molecule has 10 bridgehead atoms. The van der Waals surface area contributed by atoms with E-state index in [2.05, 4.69) is 102 Å². The van der Waals surface area contributed by atoms with Crippen LogP contribution in [0.1, 0.15) is 37.4 Å². The highest BCUT2D eigenvalue weighted by atomic mass is 32.7. The van der Waals surface area contributed by atoms with Gasteiger partial charge >= 0.3 is 40.4 Å². The molecule has 11 aliphatic heterocycles. The lowest BCUT2D eigenvalue weighted by molar-refractivity contribution is -0.183. The molecule has 11 saturated heterocycles. The molecule has 11 fully saturated rings. The highest BCUT2D eigenvalue weighted by Crippen LogP contribution is 2.63. The molecule has 23 heterocycles. The van der Waals surface area contributed by atoms with Gasteiger partial charge in [-0.1, -0.05) is 12.2 Å². The normalized spacial score (nSPS) is 39.0. The second kappa shape index (κ2) is 35.3. The second-order valence-electron chi connectivity index (χ2n) is 31.8. The Kier molecular flexibility index (Phi) is 24.6. The summed E-state index contributed by atoms with van der Waals surface area (Å²) < 4.78 is 155. The van der Waals surface area contributed by atoms with Crippen molar-refractivity contribution in [3.63, 3.8) is 0 Å². The number of ether oxygens (including phenoxy) is 8. The molecule has 75 heteroatoms. The van der Waals surface area contributed by atoms with Gasteiger partial charge in [-0.2, -0.15) is 15.0 Å². The van der Waals surface area contributed by atoms with Crippen molar-refractivity contribution < 1.29 is 141 Å². The number of hydrogen-bond donors (Lipinski definition) is 18. The number of aliphatic hydroxyl groups excluding tert-OH is 3. The number of alkyl halides is 1. The Morgan fingerprint density at radius 3 is 1.04 bits per heavy atom. The summed E-state index contributed by atoms with van der Waals surface area (Å²) in [5.74, 6) is -0.287. The number of aromatic nitrogens is 24. The number of halogens is 1. The Labute approximate surface area is 788 Å². The summed E-state index contributed by atoms with van der Waals surface area (Å²) in [5.41, 5.74) is 31.4. The third-order valence-corrected chi connectivity index (χ3v) is 32.7. The number of nitrogens with zero attached hydrogens (tertiary/aromatic N) is 21. The van der Waals surface area contributed by atoms with Crippen LogP contribution < -0.4 is 51.1 Å². The van der Waals surface area contributed by atoms with Gasteiger partial charge in [0.05, 0.1) is 90.8 Å². The lowest BCUT2D eigenvalue weighted by Gasteiger charge is -2.33. The second-order valence-corrected chi connectivity index (χ2v) is 48.7. The van der Waals surface area contributed by atoms with E-state index < -0.39 is 243 Å². The summed E-state index contributed by atoms with van der Waals surface area (Å²) in [7, 11) is 0. The zero-order valence-electron chi connectivity index (χ0n) is 68.3. The molecular formula is C62H71FN30O32P6S6. The number of aromatic amines is 3. The number of H-pyrrole nitrogens is 3. The van der Waals surface area contributed by atoms with E-state index in [1.54, 1.807) is 9.13 Å². The molecular weight excluding hydrogens is 2070 g/mol. The minimum absolute atomic E-state index is 0.00201. The highest BCUT2D eigenvalue weighted by molar-refractivity contribution is 8.44. The van der Waals surface area contributed by atoms with Crippen molar-refractivity contribution >= 4 is 214 Å². The van der Waals surface area contributed by atoms with Gasteiger partial charge in [0.15, 0.2) is 111 Å². The Hall–Kier alpha value is -7.86. The minimum Gasteiger partial charge on any atom is -0.387 e. The van der Waals surface area contributed by atoms with E-state index in [4.69, 9.17) is 186 Å². The van der Waals surface area contributed by atoms with Gasteiger partial charge in [0.1, 0.15) is 138 Å². The Morgan fingerprint density at radius 1 is 0.372 bits per heavy atom. The number of imidazole rings is 6. The Bertz CT molecular complexity index is 7060. The number of anilines is 6. The summed E-state index contributed by atoms with van der Waals surface area (Å²) in [6.07, 6.45) is -17.4. The highest BCUT2D eigenvalue weighted by Gasteiger charge is 2.68. The molecule has 23 rings (SSSR count). The van der Waals surface area contributed by atoms with Crippen molar-refractivity contribution in [1.82, 2.24) is 117 Å². The fourth-order valence-electron chi connectivity index (χ4n) is 17.2. The van der Waals surface area contributed by atoms with E-state index in [1.165, 1.54) is 68.9 Å². The van der Waals surface area contributed by atoms with E-state index in [1.807, 2.05) is 0 Å². The standard InChI is InChI=1S/2C21H24N10O11P2S2.C20H23FN10O10P2S2/c2*22-14-8-15(25-4-24-14)30(5-26-8)19-12-13-21(40-19,2-36-12)3-38-44(35,46)41-11-10(32)7(1-37-43(34,45)42-13)39-18(11)31-6-27-9-16(31)28-20(23)29-17(9)33;21-8-12-7(39-18(8)30-4-26-9-14(22)24-3-25-15(9)30)2-37-43(35,45)41-13-11(32)6(1-36-42(34,44)40-12)38-19(13)31-5-27-10-16(31)28-20(23)29-17(10)33/h2*4-7,10-13,18-19,32H,1-3H2,(H,34,45)(H,35,46)(H2,22,24,25)(H3,23,28,29,33);3-8,11-13,18-19,32H,1-2H2,(H,34,44)(H,35,45)(H2,22,24,25)(H3,23,28,29,33)/t2*7-,10+,11?,12?,13-,18-,19-,21-,43?,44?;6-,7-,8?,11+,12+,13?,18-,19-,42?,43?/m111/s1. The fraction of sp³-hybridized carbons (Fsp3) is 0.516. The van der Waals surface area contributed by atoms with Gasteiger partial charge in [0.2, 0.25) is 17.8 Å². The summed E-state index contributed by atoms with van der Waals surface area (Å²) in [6, 6.07) is 0. The number of aliphatic hydroxyl groups is 3. The van der Waals surface area contributed by atoms with Crippen LogP contribution in [-0.2, 0) is 156 Å². The largest absolute Gasteiger partial charge is 0.387 e. The molecule has 0 radical (unpaired) electrons. The van der Waals surface area contributed by atoms with Crippen LogP contribution in [0.4, 0.5) is 39.7 Å². The number of nitrogens with two attached hydrogens (primary N) is 6. The molecule has 12 aromatic rings. The summed E-state index contributed by atoms with van der Waals surface area (Å²) >= 11 is 30.6. The summed E-state index contributed by atoms with van der Waals surface area (Å²) in [4.78, 5) is 161. The Balaban J connectivity index is 0.000000123. The van der Waals surface area contributed by atoms with Crippen LogP contribution in [0.3, 0.4) is 0 Å². The average Bonchev–Trinajstić information content (AvgIpc) is 1.56. The monoisotopic (exact) mass is 2140 g/mol. The molecule has 0 aliphatic carbocycles. The van der Waals surface area contributed by atoms with Crippen molar-refractivity contribution in [2.45, 2.75) is 146 Å². The molecule has 30 atom stereocenters. The minimum atomic E-state index is -4.41. The maximum Gasteiger partial charge on any atom is 0.386 e. The van der Waals surface area contributed by atoms with Crippen molar-refractivity contribution in [2.75, 3.05) is 87.3 Å². The third kappa shape index (κ3) is 17.4. The molecule has 62 nitrogen and oxygen atoms in total. The van der Waals surface area contributed by atoms with E-state index in [9.17, 15) is 58.7 Å². The van der Waals surface area contributed by atoms with Gasteiger partial charge in [-0.15, -0.1) is 0 Å². The number of hydrogen-bond acceptors (Lipinski definition) is 53. The van der Waals surface area contributed by atoms with Gasteiger partial charge in [-0.3, -0.25) is 88.4 Å². The molecule has 0 spiro atoms. The lowest BCUT2D eigenvalue weighted by atomic mass is 10.0. The van der Waals surface area contributed by atoms with Crippen LogP contribution in [-0.4, -0.2) is 319 Å². The van der Waals surface area contributed by atoms with Crippen LogP contribution in [0.15, 0.2) is 71.3 Å². The van der Waals surface area contributed by atoms with Gasteiger partial charge < -0.3 is 135 Å². The van der Waals surface area contributed by atoms with Crippen molar-refractivity contribution in [3.8, 4) is 0 Å². The quantitative estimate of drug-likeness (QED) is 0.0562. The maximum atomic E-state index is 16.0. The van der Waals surface area contributed by atoms with Gasteiger partial charge in [-0.25, -0.2) is 68.8 Å². The van der Waals surface area contributed by atoms with Crippen LogP contribution in [0.25, 0.3) is 67.0 Å². The van der Waals surface area contributed by atoms with Crippen LogP contribution in [0.5, 0.6) is 0 Å². The van der Waals surface area contributed by atoms with E-state index >= 15 is 4.39 Å². The summed E-state index contributed by atoms with van der Waals surface area (Å²) in [6.45, 7) is -28.7. The molecule has 11 aliphatic rings. The first-order valence-corrected chi connectivity index (χ1v) is 55.5. The van der Waals surface area contributed by atoms with Gasteiger partial charge in [0.25, 0.3) is 16.7 Å². The number of rotatable bonds is 6. The van der Waals surface area contributed by atoms with E-state index in [0.29, 0.717) is 22.3 Å². The van der Waals surface area contributed by atoms with E-state index in [0.717, 1.165) is 6.33 Å². The van der Waals surface area contributed by atoms with Crippen molar-refractivity contribution in [2.24, 2.45) is 0 Å². The van der Waals surface area contributed by atoms with Crippen molar-refractivity contribution in [1.29, 1.82) is 0 Å². The summed E-state index contributed by atoms with van der Waals surface area (Å²) in [5, 5.41) is 33.6. The van der Waals surface area contributed by atoms with Crippen LogP contribution >= 0.6 is 52.6 Å². The molecule has 137 heavy (non-hydrogen) atoms. The average molecular weight is 2150 g/mol. The lowest BCUT2D eigenvalue weighted by Crippen LogP contribution is -2.45. The fourth-order valence-corrected chi connectivity index (χ4v) is 25.9. The predicted molar refractivity (Wildman–Crippen MR) is 475 cm³/mol. The number of nitrogens with one attached hydrogen (secondary N) is 3. The first-order chi connectivity index (χ1) is 65.0. The smallest absolute Gasteiger partial charge is 0.386 e. The first kappa shape index (κ1) is 95.3. The van der Waals surface area contributed by atoms with Gasteiger partial charge in [-0.05, 0) is 59.0 Å². The van der Waals surface area contributed by atoms with Crippen LogP contribution in [0, 0.1) is 0 Å². The number of nitrogen functional groups attached to an aromatic ring is 6. The topological polar surface area (TPSA) is 841 Å². The molecule has 23 N–H and O–H groups in total. The molecule has 734 valence electrons. The maximum absolute atomic E-state index is 16.0. The zero-order chi connectivity index (χ0) is 96.2. The van der Waals surface area contributed by atoms with Gasteiger partial charge in [0, 0.05) is 0 Å². The SMILES string of the molecule is Nc1nc2c(ncn2[C@@H]2O[C@@H]3COP(O)(=S)O[C@@H]4C(F)[C@H](n5cnc6c(N)ncnc65)O[C@@H]4COP(=O)(S)OC2[C@H]3O)c(=O)[nH]1.Nc1nc2c(ncn2[C@@H]2O[C@@H]3COP(O)(=S)O[C@@H]4C5OC[C@]4(COP(O)(=S)OC2[C@H]3O)O[C@H]5n2cnc3c(N)ncnc32)c(=O)[nH]1.Nc1nc2c(ncn2[C@@H]2O[C@@H]3COP(O)(=S)O[C@@H]4C5OC[C@]4(COP(O)(=S)OC2[C@H]3O)O[C@H]5n2cnc3c(N)ncnc32)c(=O)[nH]1. The molecule has 0 saturated carbocycles. The van der Waals surface area contributed by atoms with E-state index in [-0.39, 0.29) is 93.2 Å². The number of thiol groups is 1. The van der Waals surface area contributed by atoms with Crippen LogP contribution in [0.2, 0.25) is 0 Å².